The first-order chi connectivity index (χ1) is 17.6. The van der Waals surface area contributed by atoms with Gasteiger partial charge in [0.15, 0.2) is 6.10 Å². The monoisotopic (exact) mass is 544 g/mol. The molecule has 0 radical (unpaired) electrons. The number of aromatic hydroxyl groups is 1. The number of carbonyl (C=O) groups is 2. The van der Waals surface area contributed by atoms with Crippen molar-refractivity contribution in [2.45, 2.75) is 25.5 Å². The number of nitro groups is 1. The quantitative estimate of drug-likeness (QED) is 0.198. The lowest BCUT2D eigenvalue weighted by Gasteiger charge is -2.21. The lowest BCUT2D eigenvalue weighted by molar-refractivity contribution is -0.384. The van der Waals surface area contributed by atoms with Crippen molar-refractivity contribution < 1.29 is 24.4 Å². The molecular weight excluding hydrogens is 523 g/mol. The van der Waals surface area contributed by atoms with Crippen LogP contribution in [-0.4, -0.2) is 40.2 Å². The zero-order chi connectivity index (χ0) is 26.9. The summed E-state index contributed by atoms with van der Waals surface area (Å²) in [6, 6.07) is 15.9. The SMILES string of the molecule is C[C@H](Oc1ccc(Cl)cc1Cl)C(=O)N[C@H](Cc1ccccc1)C(=O)N/N=C\c1cc([N+](=O)[O-])ccc1O. The first-order valence-electron chi connectivity index (χ1n) is 10.9. The Hall–Kier alpha value is -4.15. The molecule has 0 aromatic heterocycles. The second-order valence-electron chi connectivity index (χ2n) is 7.82. The van der Waals surface area contributed by atoms with Gasteiger partial charge in [-0.25, -0.2) is 5.43 Å². The second-order valence-corrected chi connectivity index (χ2v) is 8.66. The second kappa shape index (κ2) is 12.7. The fourth-order valence-corrected chi connectivity index (χ4v) is 3.62. The van der Waals surface area contributed by atoms with Crippen LogP contribution in [0.25, 0.3) is 0 Å². The van der Waals surface area contributed by atoms with Gasteiger partial charge in [-0.2, -0.15) is 5.10 Å². The largest absolute Gasteiger partial charge is 0.507 e. The number of non-ortho nitro benzene ring substituents is 1. The summed E-state index contributed by atoms with van der Waals surface area (Å²) in [5.74, 6) is -1.25. The van der Waals surface area contributed by atoms with Gasteiger partial charge < -0.3 is 15.2 Å². The molecule has 3 N–H and O–H groups in total. The molecule has 192 valence electrons. The third kappa shape index (κ3) is 7.92. The van der Waals surface area contributed by atoms with Gasteiger partial charge in [0.05, 0.1) is 16.2 Å². The van der Waals surface area contributed by atoms with Crippen molar-refractivity contribution >= 4 is 46.9 Å². The third-order valence-corrected chi connectivity index (χ3v) is 5.61. The Bertz CT molecular complexity index is 1320. The van der Waals surface area contributed by atoms with Crippen molar-refractivity contribution in [1.82, 2.24) is 10.7 Å². The van der Waals surface area contributed by atoms with Crippen LogP contribution in [-0.2, 0) is 16.0 Å². The van der Waals surface area contributed by atoms with Crippen LogP contribution in [0.4, 0.5) is 5.69 Å². The van der Waals surface area contributed by atoms with Crippen LogP contribution in [0.3, 0.4) is 0 Å². The number of nitro benzene ring substituents is 1. The van der Waals surface area contributed by atoms with Gasteiger partial charge in [-0.15, -0.1) is 0 Å². The minimum Gasteiger partial charge on any atom is -0.507 e. The molecule has 0 bridgehead atoms. The summed E-state index contributed by atoms with van der Waals surface area (Å²) in [6.45, 7) is 1.50. The van der Waals surface area contributed by atoms with Crippen LogP contribution in [0.1, 0.15) is 18.1 Å². The lowest BCUT2D eigenvalue weighted by atomic mass is 10.1. The highest BCUT2D eigenvalue weighted by Gasteiger charge is 2.25. The smallest absolute Gasteiger partial charge is 0.270 e. The van der Waals surface area contributed by atoms with Gasteiger partial charge in [-0.05, 0) is 36.8 Å². The molecule has 12 heteroatoms. The van der Waals surface area contributed by atoms with Crippen LogP contribution in [0.2, 0.25) is 10.0 Å². The van der Waals surface area contributed by atoms with Crippen LogP contribution >= 0.6 is 23.2 Å². The number of amides is 2. The van der Waals surface area contributed by atoms with Crippen LogP contribution in [0.5, 0.6) is 11.5 Å². The number of carbonyl (C=O) groups excluding carboxylic acids is 2. The van der Waals surface area contributed by atoms with E-state index in [0.717, 1.165) is 30.0 Å². The van der Waals surface area contributed by atoms with E-state index in [2.05, 4.69) is 15.8 Å². The molecule has 3 aromatic rings. The number of benzene rings is 3. The first-order valence-corrected chi connectivity index (χ1v) is 11.7. The predicted molar refractivity (Wildman–Crippen MR) is 139 cm³/mol. The van der Waals surface area contributed by atoms with Gasteiger partial charge in [0, 0.05) is 29.1 Å². The Kier molecular flexibility index (Phi) is 9.42. The van der Waals surface area contributed by atoms with Gasteiger partial charge in [0.2, 0.25) is 0 Å². The summed E-state index contributed by atoms with van der Waals surface area (Å²) < 4.78 is 5.63. The van der Waals surface area contributed by atoms with Crippen molar-refractivity contribution in [3.63, 3.8) is 0 Å². The maximum atomic E-state index is 12.9. The van der Waals surface area contributed by atoms with Crippen molar-refractivity contribution in [1.29, 1.82) is 0 Å². The van der Waals surface area contributed by atoms with E-state index >= 15 is 0 Å². The average molecular weight is 545 g/mol. The standard InChI is InChI=1S/C25H22Cl2N4O6/c1-15(37-23-10-7-18(26)13-20(23)27)24(33)29-21(11-16-5-3-2-4-6-16)25(34)30-28-14-17-12-19(31(35)36)8-9-22(17)32/h2-10,12-15,21,32H,11H2,1H3,(H,29,33)(H,30,34)/b28-14-/t15-,21+/m0/s1. The number of nitrogens with zero attached hydrogens (tertiary/aromatic N) is 2. The van der Waals surface area contributed by atoms with Crippen molar-refractivity contribution in [2.75, 3.05) is 0 Å². The molecule has 0 saturated heterocycles. The van der Waals surface area contributed by atoms with E-state index in [0.29, 0.717) is 5.02 Å². The Morgan fingerprint density at radius 1 is 1.11 bits per heavy atom. The Labute approximate surface area is 222 Å². The molecule has 3 aromatic carbocycles. The van der Waals surface area contributed by atoms with Crippen molar-refractivity contribution in [3.05, 3.63) is 98.0 Å². The van der Waals surface area contributed by atoms with Crippen molar-refractivity contribution in [2.24, 2.45) is 5.10 Å². The van der Waals surface area contributed by atoms with E-state index in [4.69, 9.17) is 27.9 Å². The van der Waals surface area contributed by atoms with Crippen LogP contribution < -0.4 is 15.5 Å². The Morgan fingerprint density at radius 3 is 2.51 bits per heavy atom. The molecule has 0 fully saturated rings. The molecule has 0 saturated carbocycles. The average Bonchev–Trinajstić information content (AvgIpc) is 2.86. The molecule has 0 aliphatic carbocycles. The van der Waals surface area contributed by atoms with Gasteiger partial charge in [-0.3, -0.25) is 19.7 Å². The summed E-state index contributed by atoms with van der Waals surface area (Å²) >= 11 is 12.0. The Morgan fingerprint density at radius 2 is 1.84 bits per heavy atom. The van der Waals surface area contributed by atoms with Gasteiger partial charge in [-0.1, -0.05) is 53.5 Å². The molecule has 0 aliphatic heterocycles. The molecule has 2 amide bonds. The predicted octanol–water partition coefficient (Wildman–Crippen LogP) is 4.25. The molecule has 3 rings (SSSR count). The van der Waals surface area contributed by atoms with Gasteiger partial charge in [0.25, 0.3) is 17.5 Å². The normalized spacial score (nSPS) is 12.5. The molecular formula is C25H22Cl2N4O6. The summed E-state index contributed by atoms with van der Waals surface area (Å²) in [7, 11) is 0. The highest BCUT2D eigenvalue weighted by molar-refractivity contribution is 6.35. The number of phenolic OH excluding ortho intramolecular Hbond substituents is 1. The molecule has 0 unspecified atom stereocenters. The van der Waals surface area contributed by atoms with E-state index < -0.39 is 28.9 Å². The topological polar surface area (TPSA) is 143 Å². The molecule has 0 heterocycles. The number of phenols is 1. The number of nitrogens with one attached hydrogen (secondary N) is 2. The number of halogens is 2. The van der Waals surface area contributed by atoms with Gasteiger partial charge in [0.1, 0.15) is 17.5 Å². The van der Waals surface area contributed by atoms with E-state index in [1.165, 1.54) is 19.1 Å². The van der Waals surface area contributed by atoms with E-state index in [1.54, 1.807) is 30.3 Å². The van der Waals surface area contributed by atoms with Crippen LogP contribution in [0.15, 0.2) is 71.8 Å². The Balaban J connectivity index is 1.72. The number of hydrogen-bond acceptors (Lipinski definition) is 7. The first kappa shape index (κ1) is 27.4. The highest BCUT2D eigenvalue weighted by atomic mass is 35.5. The molecule has 37 heavy (non-hydrogen) atoms. The maximum Gasteiger partial charge on any atom is 0.270 e. The van der Waals surface area contributed by atoms with E-state index in [9.17, 15) is 24.8 Å². The van der Waals surface area contributed by atoms with Crippen LogP contribution in [0, 0.1) is 10.1 Å². The summed E-state index contributed by atoms with van der Waals surface area (Å²) in [4.78, 5) is 36.1. The van der Waals surface area contributed by atoms with Gasteiger partial charge >= 0.3 is 0 Å². The molecule has 0 spiro atoms. The fourth-order valence-electron chi connectivity index (χ4n) is 3.17. The summed E-state index contributed by atoms with van der Waals surface area (Å²) in [6.07, 6.45) is 0.204. The molecule has 0 aliphatic rings. The number of hydrogen-bond donors (Lipinski definition) is 3. The lowest BCUT2D eigenvalue weighted by Crippen LogP contribution is -2.50. The third-order valence-electron chi connectivity index (χ3n) is 5.08. The zero-order valence-corrected chi connectivity index (χ0v) is 20.9. The summed E-state index contributed by atoms with van der Waals surface area (Å²) in [5, 5.41) is 27.9. The molecule has 2 atom stereocenters. The number of ether oxygens (including phenoxy) is 1. The van der Waals surface area contributed by atoms with E-state index in [-0.39, 0.29) is 34.2 Å². The number of rotatable bonds is 10. The summed E-state index contributed by atoms with van der Waals surface area (Å²) in [5.41, 5.74) is 2.84. The van der Waals surface area contributed by atoms with E-state index in [1.807, 2.05) is 6.07 Å². The minimum absolute atomic E-state index is 0.0278. The van der Waals surface area contributed by atoms with Crippen molar-refractivity contribution in [3.8, 4) is 11.5 Å². The zero-order valence-electron chi connectivity index (χ0n) is 19.4. The molecule has 10 nitrogen and oxygen atoms in total. The minimum atomic E-state index is -1.04. The highest BCUT2D eigenvalue weighted by Crippen LogP contribution is 2.28. The maximum absolute atomic E-state index is 12.9. The fraction of sp³-hybridized carbons (Fsp3) is 0.160. The number of hydrazone groups is 1.